The molecule has 4 nitrogen and oxygen atoms in total. The number of hydrogen-bond donors (Lipinski definition) is 2. The fourth-order valence-electron chi connectivity index (χ4n) is 2.21. The van der Waals surface area contributed by atoms with E-state index >= 15 is 0 Å². The van der Waals surface area contributed by atoms with Crippen LogP contribution in [0, 0.1) is 5.92 Å². The van der Waals surface area contributed by atoms with Crippen LogP contribution in [-0.4, -0.2) is 43.0 Å². The van der Waals surface area contributed by atoms with Crippen molar-refractivity contribution in [3.63, 3.8) is 0 Å². The summed E-state index contributed by atoms with van der Waals surface area (Å²) in [5, 5.41) is 3.23. The largest absolute Gasteiger partial charge is 0.368 e. The molecule has 1 unspecified atom stereocenters. The summed E-state index contributed by atoms with van der Waals surface area (Å²) in [6.45, 7) is 7.96. The van der Waals surface area contributed by atoms with Crippen LogP contribution in [0.25, 0.3) is 0 Å². The summed E-state index contributed by atoms with van der Waals surface area (Å²) >= 11 is 0. The predicted octanol–water partition coefficient (Wildman–Crippen LogP) is 0.962. The van der Waals surface area contributed by atoms with Crippen LogP contribution < -0.4 is 11.1 Å². The normalized spacial score (nSPS) is 18.1. The molecule has 4 heteroatoms. The summed E-state index contributed by atoms with van der Waals surface area (Å²) in [5.41, 5.74) is 5.43. The van der Waals surface area contributed by atoms with Gasteiger partial charge in [-0.05, 0) is 38.3 Å². The fraction of sp³-hybridized carbons (Fsp3) is 0.923. The van der Waals surface area contributed by atoms with Crippen molar-refractivity contribution in [2.24, 2.45) is 11.7 Å². The van der Waals surface area contributed by atoms with Crippen molar-refractivity contribution < 1.29 is 4.79 Å². The minimum absolute atomic E-state index is 0.199. The second kappa shape index (κ2) is 7.67. The Hall–Kier alpha value is -0.610. The van der Waals surface area contributed by atoms with Crippen LogP contribution in [-0.2, 0) is 4.79 Å². The smallest absolute Gasteiger partial charge is 0.235 e. The van der Waals surface area contributed by atoms with Crippen LogP contribution in [0.2, 0.25) is 0 Å². The first-order valence-corrected chi connectivity index (χ1v) is 6.92. The lowest BCUT2D eigenvalue weighted by atomic mass is 9.85. The molecule has 0 aromatic heterocycles. The Kier molecular flexibility index (Phi) is 6.52. The van der Waals surface area contributed by atoms with Gasteiger partial charge in [-0.3, -0.25) is 4.79 Å². The first-order valence-electron chi connectivity index (χ1n) is 6.92. The van der Waals surface area contributed by atoms with E-state index in [1.165, 1.54) is 19.3 Å². The molecule has 0 saturated heterocycles. The van der Waals surface area contributed by atoms with Gasteiger partial charge in [-0.2, -0.15) is 0 Å². The zero-order valence-corrected chi connectivity index (χ0v) is 11.2. The molecule has 1 saturated carbocycles. The number of carbonyl (C=O) groups is 1. The number of carbonyl (C=O) groups excluding carboxylic acids is 1. The average Bonchev–Trinajstić information content (AvgIpc) is 2.25. The van der Waals surface area contributed by atoms with Gasteiger partial charge in [0.1, 0.15) is 0 Å². The van der Waals surface area contributed by atoms with Crippen LogP contribution in [0.5, 0.6) is 0 Å². The van der Waals surface area contributed by atoms with Gasteiger partial charge >= 0.3 is 0 Å². The number of amides is 1. The third kappa shape index (κ3) is 5.04. The highest BCUT2D eigenvalue weighted by molar-refractivity contribution is 5.80. The van der Waals surface area contributed by atoms with E-state index in [2.05, 4.69) is 24.1 Å². The van der Waals surface area contributed by atoms with Crippen molar-refractivity contribution >= 4 is 5.91 Å². The third-order valence-electron chi connectivity index (χ3n) is 3.61. The molecule has 1 amide bonds. The molecule has 0 aromatic rings. The SMILES string of the molecule is CCCNC(CN(CC)CC1CCC1)C(N)=O. The van der Waals surface area contributed by atoms with Crippen LogP contribution in [0.15, 0.2) is 0 Å². The second-order valence-electron chi connectivity index (χ2n) is 5.06. The fourth-order valence-corrected chi connectivity index (χ4v) is 2.21. The van der Waals surface area contributed by atoms with Gasteiger partial charge in [0.05, 0.1) is 6.04 Å². The standard InChI is InChI=1S/C13H27N3O/c1-3-8-15-12(13(14)17)10-16(4-2)9-11-6-5-7-11/h11-12,15H,3-10H2,1-2H3,(H2,14,17). The van der Waals surface area contributed by atoms with Crippen LogP contribution in [0.1, 0.15) is 39.5 Å². The maximum Gasteiger partial charge on any atom is 0.235 e. The molecule has 1 atom stereocenters. The zero-order chi connectivity index (χ0) is 12.7. The molecule has 3 N–H and O–H groups in total. The summed E-state index contributed by atoms with van der Waals surface area (Å²) < 4.78 is 0. The van der Waals surface area contributed by atoms with E-state index in [0.717, 1.165) is 38.5 Å². The summed E-state index contributed by atoms with van der Waals surface area (Å²) in [6, 6.07) is -0.199. The van der Waals surface area contributed by atoms with Crippen molar-refractivity contribution in [3.8, 4) is 0 Å². The number of nitrogens with one attached hydrogen (secondary N) is 1. The van der Waals surface area contributed by atoms with Gasteiger partial charge in [-0.25, -0.2) is 0 Å². The molecule has 0 aromatic carbocycles. The highest BCUT2D eigenvalue weighted by Crippen LogP contribution is 2.26. The molecule has 100 valence electrons. The van der Waals surface area contributed by atoms with Crippen LogP contribution >= 0.6 is 0 Å². The number of primary amides is 1. The molecule has 1 fully saturated rings. The van der Waals surface area contributed by atoms with Gasteiger partial charge in [0.2, 0.25) is 5.91 Å². The van der Waals surface area contributed by atoms with E-state index in [4.69, 9.17) is 5.73 Å². The molecule has 1 rings (SSSR count). The van der Waals surface area contributed by atoms with E-state index in [0.29, 0.717) is 0 Å². The maximum absolute atomic E-state index is 11.4. The Morgan fingerprint density at radius 3 is 2.59 bits per heavy atom. The van der Waals surface area contributed by atoms with Gasteiger partial charge in [0.15, 0.2) is 0 Å². The molecule has 0 bridgehead atoms. The second-order valence-corrected chi connectivity index (χ2v) is 5.06. The van der Waals surface area contributed by atoms with E-state index in [9.17, 15) is 4.79 Å². The average molecular weight is 241 g/mol. The number of hydrogen-bond acceptors (Lipinski definition) is 3. The lowest BCUT2D eigenvalue weighted by Gasteiger charge is -2.33. The molecule has 0 spiro atoms. The van der Waals surface area contributed by atoms with Crippen molar-refractivity contribution in [1.82, 2.24) is 10.2 Å². The van der Waals surface area contributed by atoms with Crippen molar-refractivity contribution in [2.45, 2.75) is 45.6 Å². The molecule has 0 radical (unpaired) electrons. The quantitative estimate of drug-likeness (QED) is 0.632. The highest BCUT2D eigenvalue weighted by Gasteiger charge is 2.23. The topological polar surface area (TPSA) is 58.4 Å². The number of rotatable bonds is 9. The monoisotopic (exact) mass is 241 g/mol. The van der Waals surface area contributed by atoms with E-state index in [-0.39, 0.29) is 11.9 Å². The summed E-state index contributed by atoms with van der Waals surface area (Å²) in [6.07, 6.45) is 5.09. The Bertz CT molecular complexity index is 229. The minimum atomic E-state index is -0.231. The number of nitrogens with two attached hydrogens (primary N) is 1. The van der Waals surface area contributed by atoms with E-state index in [1.54, 1.807) is 0 Å². The Morgan fingerprint density at radius 2 is 2.18 bits per heavy atom. The van der Waals surface area contributed by atoms with Gasteiger partial charge in [-0.1, -0.05) is 20.3 Å². The van der Waals surface area contributed by atoms with Crippen LogP contribution in [0.4, 0.5) is 0 Å². The summed E-state index contributed by atoms with van der Waals surface area (Å²) in [7, 11) is 0. The maximum atomic E-state index is 11.4. The Labute approximate surface area is 105 Å². The zero-order valence-electron chi connectivity index (χ0n) is 11.2. The molecular weight excluding hydrogens is 214 g/mol. The van der Waals surface area contributed by atoms with Crippen molar-refractivity contribution in [2.75, 3.05) is 26.2 Å². The first kappa shape index (κ1) is 14.5. The van der Waals surface area contributed by atoms with Crippen molar-refractivity contribution in [1.29, 1.82) is 0 Å². The van der Waals surface area contributed by atoms with Gasteiger partial charge < -0.3 is 16.0 Å². The summed E-state index contributed by atoms with van der Waals surface area (Å²) in [5.74, 6) is 0.611. The molecular formula is C13H27N3O. The van der Waals surface area contributed by atoms with Gasteiger partial charge in [0.25, 0.3) is 0 Å². The molecule has 1 aliphatic rings. The predicted molar refractivity (Wildman–Crippen MR) is 70.7 cm³/mol. The Balaban J connectivity index is 2.35. The molecule has 0 aliphatic heterocycles. The Morgan fingerprint density at radius 1 is 1.47 bits per heavy atom. The molecule has 0 heterocycles. The molecule has 1 aliphatic carbocycles. The van der Waals surface area contributed by atoms with E-state index in [1.807, 2.05) is 0 Å². The first-order chi connectivity index (χ1) is 8.17. The van der Waals surface area contributed by atoms with Crippen molar-refractivity contribution in [3.05, 3.63) is 0 Å². The highest BCUT2D eigenvalue weighted by atomic mass is 16.1. The summed E-state index contributed by atoms with van der Waals surface area (Å²) in [4.78, 5) is 13.7. The third-order valence-corrected chi connectivity index (χ3v) is 3.61. The number of likely N-dealkylation sites (N-methyl/N-ethyl adjacent to an activating group) is 1. The number of nitrogens with zero attached hydrogens (tertiary/aromatic N) is 1. The minimum Gasteiger partial charge on any atom is -0.368 e. The lowest BCUT2D eigenvalue weighted by Crippen LogP contribution is -2.50. The van der Waals surface area contributed by atoms with Gasteiger partial charge in [-0.15, -0.1) is 0 Å². The van der Waals surface area contributed by atoms with E-state index < -0.39 is 0 Å². The van der Waals surface area contributed by atoms with Gasteiger partial charge in [0, 0.05) is 13.1 Å². The van der Waals surface area contributed by atoms with Crippen LogP contribution in [0.3, 0.4) is 0 Å². The molecule has 17 heavy (non-hydrogen) atoms. The lowest BCUT2D eigenvalue weighted by molar-refractivity contribution is -0.120.